The van der Waals surface area contributed by atoms with Gasteiger partial charge in [-0.05, 0) is 20.5 Å². The minimum atomic E-state index is -5.42. The Morgan fingerprint density at radius 3 is 1.02 bits per heavy atom. The topological polar surface area (TPSA) is 799 Å². The highest BCUT2D eigenvalue weighted by atomic mass is 31.2. The normalized spacial score (nSPS) is 29.9. The molecule has 3 heterocycles. The molecule has 3 rings (SSSR count). The van der Waals surface area contributed by atoms with E-state index in [1.165, 1.54) is 0 Å². The van der Waals surface area contributed by atoms with Crippen LogP contribution in [0.1, 0.15) is 12.8 Å². The van der Waals surface area contributed by atoms with Crippen LogP contribution in [-0.4, -0.2) is 483 Å². The van der Waals surface area contributed by atoms with Crippen molar-refractivity contribution >= 4 is 43.2 Å². The summed E-state index contributed by atoms with van der Waals surface area (Å²) in [5.41, 5.74) is -2.56. The van der Waals surface area contributed by atoms with Gasteiger partial charge in [-0.15, -0.1) is 0 Å². The molecule has 0 aromatic heterocycles. The molecule has 0 bridgehead atoms. The molecule has 49 heteroatoms. The van der Waals surface area contributed by atoms with Crippen molar-refractivity contribution in [3.8, 4) is 0 Å². The maximum Gasteiger partial charge on any atom is 0.342 e. The van der Waals surface area contributed by atoms with Crippen LogP contribution in [0, 0.1) is 5.41 Å². The molecular formula is C55H102N7O41P. The third-order valence-electron chi connectivity index (χ3n) is 17.2. The van der Waals surface area contributed by atoms with E-state index in [1.54, 1.807) is 19.0 Å². The third-order valence-corrected chi connectivity index (χ3v) is 18.5. The second-order valence-electron chi connectivity index (χ2n) is 25.3. The number of aliphatic hydroxyl groups excluding tert-OH is 24. The fourth-order valence-corrected chi connectivity index (χ4v) is 12.0. The molecule has 3 fully saturated rings. The third kappa shape index (κ3) is 26.8. The summed E-state index contributed by atoms with van der Waals surface area (Å²) in [7, 11) is -2.31. The van der Waals surface area contributed by atoms with Crippen LogP contribution in [0.2, 0.25) is 0 Å². The van der Waals surface area contributed by atoms with E-state index >= 15 is 0 Å². The second-order valence-corrected chi connectivity index (χ2v) is 27.1. The van der Waals surface area contributed by atoms with E-state index in [9.17, 15) is 176 Å². The quantitative estimate of drug-likeness (QED) is 0.0252. The lowest BCUT2D eigenvalue weighted by atomic mass is 9.86. The van der Waals surface area contributed by atoms with Crippen molar-refractivity contribution in [1.29, 1.82) is 0 Å². The maximum absolute atomic E-state index is 14.2. The summed E-state index contributed by atoms with van der Waals surface area (Å²) < 4.78 is 45.1. The van der Waals surface area contributed by atoms with Gasteiger partial charge in [0.2, 0.25) is 5.91 Å². The number of ether oxygens (including phenoxy) is 6. The van der Waals surface area contributed by atoms with E-state index in [-0.39, 0.29) is 13.1 Å². The van der Waals surface area contributed by atoms with Crippen molar-refractivity contribution in [2.45, 2.75) is 184 Å². The van der Waals surface area contributed by atoms with Crippen LogP contribution in [-0.2, 0) is 61.8 Å². The minimum absolute atomic E-state index is 0.0330. The highest BCUT2D eigenvalue weighted by Gasteiger charge is 2.52. The molecule has 0 radical (unpaired) electrons. The first-order chi connectivity index (χ1) is 48.5. The van der Waals surface area contributed by atoms with E-state index in [0.717, 1.165) is 9.80 Å². The van der Waals surface area contributed by atoms with Gasteiger partial charge in [0.15, 0.2) is 37.2 Å². The molecule has 28 unspecified atom stereocenters. The molecule has 0 aromatic carbocycles. The van der Waals surface area contributed by atoms with Gasteiger partial charge in [-0.1, -0.05) is 0 Å². The zero-order chi connectivity index (χ0) is 79.2. The predicted molar refractivity (Wildman–Crippen MR) is 333 cm³/mol. The number of carbonyl (C=O) groups is 6. The van der Waals surface area contributed by atoms with Crippen molar-refractivity contribution < 1.29 is 204 Å². The molecule has 4 amide bonds. The van der Waals surface area contributed by atoms with Gasteiger partial charge < -0.3 is 197 Å². The number of nitrogens with one attached hydrogen (secondary N) is 4. The summed E-state index contributed by atoms with van der Waals surface area (Å²) in [5, 5.41) is 281. The molecule has 0 aromatic rings. The summed E-state index contributed by atoms with van der Waals surface area (Å²) in [6.45, 7) is -15.3. The molecule has 608 valence electrons. The Hall–Kier alpha value is -4.35. The largest absolute Gasteiger partial charge is 0.480 e. The fraction of sp³-hybridized carbons (Fsp3) is 0.891. The lowest BCUT2D eigenvalue weighted by Gasteiger charge is -2.42. The monoisotopic (exact) mass is 1550 g/mol. The Morgan fingerprint density at radius 1 is 0.452 bits per heavy atom. The molecule has 48 nitrogen and oxygen atoms in total. The molecular weight excluding hydrogens is 1450 g/mol. The second kappa shape index (κ2) is 43.7. The molecule has 104 heavy (non-hydrogen) atoms. The van der Waals surface area contributed by atoms with E-state index in [0.29, 0.717) is 0 Å². The molecule has 28 atom stereocenters. The lowest BCUT2D eigenvalue weighted by Crippen LogP contribution is -2.63. The molecule has 0 spiro atoms. The first-order valence-electron chi connectivity index (χ1n) is 32.0. The van der Waals surface area contributed by atoms with Gasteiger partial charge in [0.25, 0.3) is 17.7 Å². The number of likely N-dealkylation sites (N-methyl/N-ethyl adjacent to an activating group) is 1. The first kappa shape index (κ1) is 93.9. The van der Waals surface area contributed by atoms with Crippen LogP contribution in [0.3, 0.4) is 0 Å². The molecule has 3 saturated heterocycles. The summed E-state index contributed by atoms with van der Waals surface area (Å²) in [4.78, 5) is 105. The molecule has 3 aliphatic heterocycles. The van der Waals surface area contributed by atoms with Crippen molar-refractivity contribution in [2.24, 2.45) is 5.41 Å². The SMILES string of the molecule is CN(C)CCN(CCN(CC(=O)O)CC(=O)O)C(CCC(=O)NCC(CNC(=O)C(O)C(O)C(OC1OC(CO)C(O)C(O)C1O)C(O)CO)(CNC(=O)C(O)C(O)C(OC1OC(CO)C(O)C(O)C1O)C(O)CO)CNC(=O)C(O)C(O)C(OC1OC(CO)C(O)C(O)C1O)C(O)CO)P(=O)(O)O. The Kier molecular flexibility index (Phi) is 39.5. The van der Waals surface area contributed by atoms with Crippen LogP contribution < -0.4 is 21.3 Å². The maximum atomic E-state index is 14.2. The Morgan fingerprint density at radius 2 is 0.750 bits per heavy atom. The van der Waals surface area contributed by atoms with Gasteiger partial charge in [-0.25, -0.2) is 0 Å². The Bertz CT molecular complexity index is 2460. The van der Waals surface area contributed by atoms with Gasteiger partial charge in [0, 0.05) is 64.2 Å². The first-order valence-corrected chi connectivity index (χ1v) is 33.7. The molecule has 0 saturated carbocycles. The van der Waals surface area contributed by atoms with Gasteiger partial charge in [0.1, 0.15) is 134 Å². The van der Waals surface area contributed by atoms with Gasteiger partial charge in [-0.3, -0.25) is 43.1 Å². The number of amides is 4. The van der Waals surface area contributed by atoms with Crippen LogP contribution in [0.25, 0.3) is 0 Å². The van der Waals surface area contributed by atoms with Crippen molar-refractivity contribution in [2.75, 3.05) is 119 Å². The standard InChI is InChI=1S/C55H102N7O41P/c1-60(2)5-7-62(8-6-61(9-29(73)74)10-30(75)76)28(104(95,96)97)4-3-27(72)56-17-55(18-57-49(92)40(86)37(83)46(21(69)11-63)101-52-43(89)34(80)31(77)24(14-66)98-52,19-58-50(93)41(87)38(84)47(22(70)12-64)102-53-44(90)35(81)32(78)25(15-67)99-53)20-59-51(94)42(88)39(85)48(23(71)13-65)103-54-45(91)36(82)33(79)26(16-68)100-54/h21-26,28,31-48,52-54,63-71,77-91H,3-20H2,1-2H3,(H,56,72)(H,57,92)(H,58,93)(H,59,94)(H,73,74)(H,75,76)(H2,95,96,97). The summed E-state index contributed by atoms with van der Waals surface area (Å²) >= 11 is 0. The molecule has 0 aliphatic carbocycles. The van der Waals surface area contributed by atoms with Crippen molar-refractivity contribution in [1.82, 2.24) is 36.0 Å². The molecule has 32 N–H and O–H groups in total. The van der Waals surface area contributed by atoms with Crippen LogP contribution in [0.15, 0.2) is 0 Å². The molecule has 3 aliphatic rings. The van der Waals surface area contributed by atoms with E-state index in [4.69, 9.17) is 28.4 Å². The number of nitrogens with zero attached hydrogens (tertiary/aromatic N) is 3. The smallest absolute Gasteiger partial charge is 0.342 e. The zero-order valence-electron chi connectivity index (χ0n) is 56.0. The zero-order valence-corrected chi connectivity index (χ0v) is 56.9. The summed E-state index contributed by atoms with van der Waals surface area (Å²) in [6.07, 6.45) is -65.1. The highest BCUT2D eigenvalue weighted by Crippen LogP contribution is 2.45. The van der Waals surface area contributed by atoms with Gasteiger partial charge in [0.05, 0.1) is 52.7 Å². The number of hydrogen-bond donors (Lipinski definition) is 32. The Labute approximate surface area is 590 Å². The van der Waals surface area contributed by atoms with E-state index in [2.05, 4.69) is 5.32 Å². The number of carboxylic acids is 2. The average Bonchev–Trinajstić information content (AvgIpc) is 0.812. The van der Waals surface area contributed by atoms with Gasteiger partial charge >= 0.3 is 19.5 Å². The van der Waals surface area contributed by atoms with Crippen molar-refractivity contribution in [3.05, 3.63) is 0 Å². The number of rotatable bonds is 47. The average molecular weight is 1550 g/mol. The number of aliphatic hydroxyl groups is 24. The fourth-order valence-electron chi connectivity index (χ4n) is 10.8. The van der Waals surface area contributed by atoms with E-state index in [1.807, 2.05) is 16.0 Å². The highest BCUT2D eigenvalue weighted by molar-refractivity contribution is 7.52. The van der Waals surface area contributed by atoms with Gasteiger partial charge in [-0.2, -0.15) is 0 Å². The summed E-state index contributed by atoms with van der Waals surface area (Å²) in [5.74, 6) is -11.6. The number of carboxylic acid groups (broad SMARTS) is 2. The predicted octanol–water partition coefficient (Wildman–Crippen LogP) is -20.2. The van der Waals surface area contributed by atoms with Crippen LogP contribution in [0.4, 0.5) is 0 Å². The van der Waals surface area contributed by atoms with Crippen LogP contribution >= 0.6 is 7.60 Å². The number of hydrogen-bond acceptors (Lipinski definition) is 40. The number of carbonyl (C=O) groups excluding carboxylic acids is 4. The lowest BCUT2D eigenvalue weighted by molar-refractivity contribution is -0.326. The number of aliphatic carboxylic acids is 2. The minimum Gasteiger partial charge on any atom is -0.480 e. The van der Waals surface area contributed by atoms with Crippen molar-refractivity contribution in [3.63, 3.8) is 0 Å². The Balaban J connectivity index is 2.26. The van der Waals surface area contributed by atoms with E-state index < -0.39 is 325 Å². The summed E-state index contributed by atoms with van der Waals surface area (Å²) in [6, 6.07) is 0. The van der Waals surface area contributed by atoms with Crippen LogP contribution in [0.5, 0.6) is 0 Å².